The molecule has 1 atom stereocenters. The second-order valence-electron chi connectivity index (χ2n) is 6.32. The van der Waals surface area contributed by atoms with Gasteiger partial charge in [0.1, 0.15) is 6.04 Å². The third kappa shape index (κ3) is 4.82. The van der Waals surface area contributed by atoms with Crippen LogP contribution >= 0.6 is 0 Å². The van der Waals surface area contributed by atoms with Crippen molar-refractivity contribution >= 4 is 11.9 Å². The summed E-state index contributed by atoms with van der Waals surface area (Å²) in [6.07, 6.45) is 2.47. The maximum absolute atomic E-state index is 11.9. The fourth-order valence-electron chi connectivity index (χ4n) is 2.34. The number of carbonyl (C=O) groups excluding carboxylic acids is 1. The van der Waals surface area contributed by atoms with Crippen LogP contribution in [0.1, 0.15) is 47.0 Å². The van der Waals surface area contributed by atoms with E-state index in [0.29, 0.717) is 18.9 Å². The van der Waals surface area contributed by atoms with E-state index in [2.05, 4.69) is 5.32 Å². The highest BCUT2D eigenvalue weighted by molar-refractivity contribution is 5.84. The van der Waals surface area contributed by atoms with Gasteiger partial charge in [0.05, 0.1) is 6.10 Å². The van der Waals surface area contributed by atoms with Gasteiger partial charge in [0.25, 0.3) is 0 Å². The van der Waals surface area contributed by atoms with Crippen LogP contribution in [0, 0.1) is 11.3 Å². The van der Waals surface area contributed by atoms with Crippen molar-refractivity contribution in [3.8, 4) is 0 Å². The Balaban J connectivity index is 2.37. The van der Waals surface area contributed by atoms with Gasteiger partial charge >= 0.3 is 5.97 Å². The van der Waals surface area contributed by atoms with Crippen molar-refractivity contribution in [3.63, 3.8) is 0 Å². The summed E-state index contributed by atoms with van der Waals surface area (Å²) < 4.78 is 5.44. The van der Waals surface area contributed by atoms with Crippen LogP contribution in [-0.2, 0) is 14.3 Å². The van der Waals surface area contributed by atoms with Crippen LogP contribution in [0.3, 0.4) is 0 Å². The molecule has 1 saturated carbocycles. The van der Waals surface area contributed by atoms with Crippen molar-refractivity contribution in [1.82, 2.24) is 5.32 Å². The first-order valence-electron chi connectivity index (χ1n) is 6.87. The monoisotopic (exact) mass is 271 g/mol. The summed E-state index contributed by atoms with van der Waals surface area (Å²) in [5.74, 6) is -0.838. The minimum absolute atomic E-state index is 0.178. The molecule has 5 nitrogen and oxygen atoms in total. The molecular formula is C14H25NO4. The molecule has 110 valence electrons. The predicted molar refractivity (Wildman–Crippen MR) is 71.8 cm³/mol. The van der Waals surface area contributed by atoms with Gasteiger partial charge in [0.2, 0.25) is 5.91 Å². The van der Waals surface area contributed by atoms with E-state index in [1.165, 1.54) is 0 Å². The molecule has 1 aliphatic carbocycles. The number of carboxylic acid groups (broad SMARTS) is 1. The Morgan fingerprint density at radius 1 is 1.37 bits per heavy atom. The molecule has 0 heterocycles. The maximum Gasteiger partial charge on any atom is 0.326 e. The molecular weight excluding hydrogens is 246 g/mol. The Bertz CT molecular complexity index is 329. The van der Waals surface area contributed by atoms with Gasteiger partial charge in [-0.05, 0) is 31.1 Å². The van der Waals surface area contributed by atoms with Crippen molar-refractivity contribution in [2.45, 2.75) is 59.1 Å². The number of hydrogen-bond donors (Lipinski definition) is 2. The van der Waals surface area contributed by atoms with Crippen LogP contribution in [0.5, 0.6) is 0 Å². The van der Waals surface area contributed by atoms with Gasteiger partial charge in [0.15, 0.2) is 0 Å². The quantitative estimate of drug-likeness (QED) is 0.772. The first-order chi connectivity index (χ1) is 8.74. The van der Waals surface area contributed by atoms with Gasteiger partial charge < -0.3 is 15.2 Å². The molecule has 0 aromatic carbocycles. The molecule has 0 radical (unpaired) electrons. The highest BCUT2D eigenvalue weighted by Crippen LogP contribution is 2.32. The summed E-state index contributed by atoms with van der Waals surface area (Å²) in [4.78, 5) is 23.0. The smallest absolute Gasteiger partial charge is 0.326 e. The zero-order valence-corrected chi connectivity index (χ0v) is 12.2. The number of carboxylic acids is 1. The van der Waals surface area contributed by atoms with Gasteiger partial charge in [-0.25, -0.2) is 4.79 Å². The normalized spacial score (nSPS) is 24.4. The highest BCUT2D eigenvalue weighted by Gasteiger charge is 2.35. The minimum atomic E-state index is -0.985. The highest BCUT2D eigenvalue weighted by atomic mass is 16.5. The lowest BCUT2D eigenvalue weighted by Gasteiger charge is -2.35. The Morgan fingerprint density at radius 3 is 2.37 bits per heavy atom. The summed E-state index contributed by atoms with van der Waals surface area (Å²) in [6, 6.07) is -0.845. The molecule has 1 amide bonds. The molecule has 1 rings (SSSR count). The van der Waals surface area contributed by atoms with Crippen LogP contribution in [0.25, 0.3) is 0 Å². The van der Waals surface area contributed by atoms with E-state index in [1.54, 1.807) is 20.8 Å². The largest absolute Gasteiger partial charge is 0.480 e. The number of aliphatic carboxylic acids is 1. The van der Waals surface area contributed by atoms with Crippen LogP contribution in [-0.4, -0.2) is 35.7 Å². The molecule has 0 aliphatic heterocycles. The van der Waals surface area contributed by atoms with Gasteiger partial charge in [-0.3, -0.25) is 4.79 Å². The minimum Gasteiger partial charge on any atom is -0.480 e. The lowest BCUT2D eigenvalue weighted by Crippen LogP contribution is -2.50. The van der Waals surface area contributed by atoms with Gasteiger partial charge in [-0.1, -0.05) is 20.8 Å². The van der Waals surface area contributed by atoms with Crippen LogP contribution in [0.4, 0.5) is 0 Å². The summed E-state index contributed by atoms with van der Waals surface area (Å²) in [7, 11) is 0. The fourth-order valence-corrected chi connectivity index (χ4v) is 2.34. The van der Waals surface area contributed by atoms with Crippen LogP contribution in [0.15, 0.2) is 0 Å². The summed E-state index contributed by atoms with van der Waals surface area (Å²) >= 11 is 0. The number of hydrogen-bond acceptors (Lipinski definition) is 3. The van der Waals surface area contributed by atoms with E-state index < -0.39 is 17.4 Å². The van der Waals surface area contributed by atoms with Crippen molar-refractivity contribution in [1.29, 1.82) is 0 Å². The molecule has 1 unspecified atom stereocenters. The van der Waals surface area contributed by atoms with Gasteiger partial charge in [-0.15, -0.1) is 0 Å². The van der Waals surface area contributed by atoms with Crippen molar-refractivity contribution in [2.75, 3.05) is 6.61 Å². The van der Waals surface area contributed by atoms with E-state index in [0.717, 1.165) is 12.8 Å². The SMILES string of the molecule is CCOC1CC(CC(=O)NC(C(=O)O)C(C)(C)C)C1. The standard InChI is InChI=1S/C14H25NO4/c1-5-19-10-6-9(7-10)8-11(16)15-12(13(17)18)14(2,3)4/h9-10,12H,5-8H2,1-4H3,(H,15,16)(H,17,18). The van der Waals surface area contributed by atoms with Crippen molar-refractivity contribution < 1.29 is 19.4 Å². The molecule has 2 N–H and O–H groups in total. The second-order valence-corrected chi connectivity index (χ2v) is 6.32. The number of nitrogens with one attached hydrogen (secondary N) is 1. The topological polar surface area (TPSA) is 75.6 Å². The number of carbonyl (C=O) groups is 2. The number of rotatable bonds is 6. The molecule has 1 fully saturated rings. The van der Waals surface area contributed by atoms with E-state index in [-0.39, 0.29) is 12.0 Å². The number of ether oxygens (including phenoxy) is 1. The molecule has 1 aliphatic rings. The van der Waals surface area contributed by atoms with E-state index in [9.17, 15) is 9.59 Å². The lowest BCUT2D eigenvalue weighted by atomic mass is 9.79. The van der Waals surface area contributed by atoms with E-state index >= 15 is 0 Å². The molecule has 0 saturated heterocycles. The van der Waals surface area contributed by atoms with E-state index in [1.807, 2.05) is 6.92 Å². The molecule has 19 heavy (non-hydrogen) atoms. The van der Waals surface area contributed by atoms with Crippen molar-refractivity contribution in [3.05, 3.63) is 0 Å². The first-order valence-corrected chi connectivity index (χ1v) is 6.87. The maximum atomic E-state index is 11.9. The van der Waals surface area contributed by atoms with Crippen LogP contribution < -0.4 is 5.32 Å². The third-order valence-electron chi connectivity index (χ3n) is 3.49. The Kier molecular flexibility index (Phi) is 5.35. The summed E-state index contributed by atoms with van der Waals surface area (Å²) in [6.45, 7) is 8.08. The molecule has 5 heteroatoms. The Hall–Kier alpha value is -1.10. The third-order valence-corrected chi connectivity index (χ3v) is 3.49. The van der Waals surface area contributed by atoms with E-state index in [4.69, 9.17) is 9.84 Å². The second kappa shape index (κ2) is 6.37. The Morgan fingerprint density at radius 2 is 1.95 bits per heavy atom. The predicted octanol–water partition coefficient (Wildman–Crippen LogP) is 1.81. The average Bonchev–Trinajstić information content (AvgIpc) is 2.21. The molecule has 0 bridgehead atoms. The molecule has 0 aromatic heterocycles. The molecule has 0 aromatic rings. The van der Waals surface area contributed by atoms with Gasteiger partial charge in [0, 0.05) is 13.0 Å². The Labute approximate surface area is 114 Å². The zero-order chi connectivity index (χ0) is 14.6. The fraction of sp³-hybridized carbons (Fsp3) is 0.857. The van der Waals surface area contributed by atoms with Crippen molar-refractivity contribution in [2.24, 2.45) is 11.3 Å². The summed E-state index contributed by atoms with van der Waals surface area (Å²) in [5, 5.41) is 11.8. The molecule has 0 spiro atoms. The average molecular weight is 271 g/mol. The number of amides is 1. The van der Waals surface area contributed by atoms with Crippen LogP contribution in [0.2, 0.25) is 0 Å². The summed E-state index contributed by atoms with van der Waals surface area (Å²) in [5.41, 5.74) is -0.491. The zero-order valence-electron chi connectivity index (χ0n) is 12.2. The lowest BCUT2D eigenvalue weighted by molar-refractivity contribution is -0.145. The van der Waals surface area contributed by atoms with Gasteiger partial charge in [-0.2, -0.15) is 0 Å². The first kappa shape index (κ1) is 16.0.